The normalized spacial score (nSPS) is 15.6. The zero-order valence-corrected chi connectivity index (χ0v) is 22.5. The second kappa shape index (κ2) is 15.3. The largest absolute Gasteiger partial charge is 0.481 e. The van der Waals surface area contributed by atoms with Crippen LogP contribution in [0, 0.1) is 0 Å². The van der Waals surface area contributed by atoms with Crippen molar-refractivity contribution in [2.24, 2.45) is 0 Å². The van der Waals surface area contributed by atoms with Crippen molar-refractivity contribution in [1.82, 2.24) is 10.6 Å². The Morgan fingerprint density at radius 1 is 0.868 bits per heavy atom. The molecule has 8 nitrogen and oxygen atoms in total. The minimum absolute atomic E-state index is 0.0392. The van der Waals surface area contributed by atoms with Gasteiger partial charge in [0.2, 0.25) is 0 Å². The van der Waals surface area contributed by atoms with Crippen LogP contribution in [0.25, 0.3) is 0 Å². The summed E-state index contributed by atoms with van der Waals surface area (Å²) in [6.07, 6.45) is 8.68. The van der Waals surface area contributed by atoms with Crippen LogP contribution in [0.2, 0.25) is 5.02 Å². The quantitative estimate of drug-likeness (QED) is 0.295. The van der Waals surface area contributed by atoms with Crippen LogP contribution >= 0.6 is 11.6 Å². The van der Waals surface area contributed by atoms with Gasteiger partial charge in [-0.2, -0.15) is 0 Å². The molecule has 5 N–H and O–H groups in total. The molecule has 1 amide bonds. The van der Waals surface area contributed by atoms with E-state index in [4.69, 9.17) is 21.8 Å². The molecule has 1 aliphatic carbocycles. The van der Waals surface area contributed by atoms with Gasteiger partial charge in [-0.15, -0.1) is 0 Å². The highest BCUT2D eigenvalue weighted by Crippen LogP contribution is 2.27. The van der Waals surface area contributed by atoms with E-state index in [1.165, 1.54) is 42.4 Å². The van der Waals surface area contributed by atoms with E-state index in [1.807, 2.05) is 30.3 Å². The molecule has 206 valence electrons. The van der Waals surface area contributed by atoms with Crippen molar-refractivity contribution in [2.75, 3.05) is 18.4 Å². The standard InChI is InChI=1S/C25H32ClN3O.C4H6O4/c26-24-12-9-18-13-15-27-16-14-22(18)23(24)17-28-20-10-7-19(8-11-20)25(30)29-21-5-3-1-2-4-6-21;5-3(6)1-2-4(7)8/h7-12,21,27-28H,1-6,13-17H2,(H,29,30);1-2H2,(H,5,6)(H,7,8). The van der Waals surface area contributed by atoms with E-state index in [0.29, 0.717) is 12.6 Å². The summed E-state index contributed by atoms with van der Waals surface area (Å²) in [6.45, 7) is 2.70. The minimum atomic E-state index is -1.08. The third-order valence-corrected chi connectivity index (χ3v) is 7.31. The van der Waals surface area contributed by atoms with Gasteiger partial charge in [-0.05, 0) is 85.8 Å². The fraction of sp³-hybridized carbons (Fsp3) is 0.483. The first kappa shape index (κ1) is 29.5. The highest BCUT2D eigenvalue weighted by atomic mass is 35.5. The number of carbonyl (C=O) groups is 3. The van der Waals surface area contributed by atoms with Crippen LogP contribution in [0.1, 0.15) is 78.4 Å². The second-order valence-electron chi connectivity index (χ2n) is 9.79. The summed E-state index contributed by atoms with van der Waals surface area (Å²) in [5, 5.41) is 26.8. The molecule has 1 heterocycles. The van der Waals surface area contributed by atoms with Gasteiger partial charge in [-0.25, -0.2) is 0 Å². The van der Waals surface area contributed by atoms with Crippen LogP contribution in [0.3, 0.4) is 0 Å². The molecule has 9 heteroatoms. The van der Waals surface area contributed by atoms with Crippen LogP contribution in [0.15, 0.2) is 36.4 Å². The Bertz CT molecular complexity index is 1070. The maximum atomic E-state index is 12.6. The number of nitrogens with one attached hydrogen (secondary N) is 3. The number of carbonyl (C=O) groups excluding carboxylic acids is 1. The van der Waals surface area contributed by atoms with Gasteiger partial charge in [-0.1, -0.05) is 43.4 Å². The summed E-state index contributed by atoms with van der Waals surface area (Å²) in [5.74, 6) is -2.11. The van der Waals surface area contributed by atoms with E-state index in [-0.39, 0.29) is 18.7 Å². The number of carboxylic acid groups (broad SMARTS) is 2. The van der Waals surface area contributed by atoms with E-state index >= 15 is 0 Å². The number of aliphatic carboxylic acids is 2. The number of halogens is 1. The first-order valence-electron chi connectivity index (χ1n) is 13.4. The molecular formula is C29H38ClN3O5. The third-order valence-electron chi connectivity index (χ3n) is 6.95. The van der Waals surface area contributed by atoms with Gasteiger partial charge in [0.15, 0.2) is 0 Å². The molecule has 4 rings (SSSR count). The Kier molecular flexibility index (Phi) is 11.9. The van der Waals surface area contributed by atoms with Crippen LogP contribution < -0.4 is 16.0 Å². The number of hydrogen-bond donors (Lipinski definition) is 5. The zero-order valence-electron chi connectivity index (χ0n) is 21.7. The van der Waals surface area contributed by atoms with Gasteiger partial charge in [-0.3, -0.25) is 14.4 Å². The monoisotopic (exact) mass is 543 g/mol. The Hall–Kier alpha value is -3.10. The number of anilines is 1. The SMILES string of the molecule is O=C(NC1CCCCCC1)c1ccc(NCc2c(Cl)ccc3c2CCNCC3)cc1.O=C(O)CCC(=O)O. The van der Waals surface area contributed by atoms with E-state index in [2.05, 4.69) is 22.0 Å². The van der Waals surface area contributed by atoms with Crippen molar-refractivity contribution in [1.29, 1.82) is 0 Å². The van der Waals surface area contributed by atoms with E-state index in [1.54, 1.807) is 0 Å². The predicted octanol–water partition coefficient (Wildman–Crippen LogP) is 5.03. The van der Waals surface area contributed by atoms with Crippen molar-refractivity contribution in [2.45, 2.75) is 76.8 Å². The summed E-state index contributed by atoms with van der Waals surface area (Å²) in [5.41, 5.74) is 5.68. The molecule has 1 aliphatic heterocycles. The fourth-order valence-electron chi connectivity index (χ4n) is 4.85. The number of fused-ring (bicyclic) bond motifs is 1. The first-order valence-corrected chi connectivity index (χ1v) is 13.8. The molecule has 0 unspecified atom stereocenters. The summed E-state index contributed by atoms with van der Waals surface area (Å²) >= 11 is 6.54. The molecule has 2 aromatic rings. The van der Waals surface area contributed by atoms with Crippen molar-refractivity contribution >= 4 is 35.1 Å². The maximum absolute atomic E-state index is 12.6. The van der Waals surface area contributed by atoms with Crippen molar-refractivity contribution in [3.05, 3.63) is 63.7 Å². The summed E-state index contributed by atoms with van der Waals surface area (Å²) in [6, 6.07) is 12.3. The second-order valence-corrected chi connectivity index (χ2v) is 10.2. The van der Waals surface area contributed by atoms with Gasteiger partial charge in [0.1, 0.15) is 0 Å². The Morgan fingerprint density at radius 2 is 1.50 bits per heavy atom. The van der Waals surface area contributed by atoms with E-state index < -0.39 is 11.9 Å². The van der Waals surface area contributed by atoms with E-state index in [0.717, 1.165) is 55.0 Å². The number of benzene rings is 2. The molecule has 0 saturated heterocycles. The lowest BCUT2D eigenvalue weighted by molar-refractivity contribution is -0.143. The average Bonchev–Trinajstić information content (AvgIpc) is 3.30. The van der Waals surface area contributed by atoms with Crippen LogP contribution in [-0.4, -0.2) is 47.2 Å². The maximum Gasteiger partial charge on any atom is 0.303 e. The summed E-state index contributed by atoms with van der Waals surface area (Å²) in [7, 11) is 0. The van der Waals surface area contributed by atoms with Gasteiger partial charge < -0.3 is 26.2 Å². The van der Waals surface area contributed by atoms with Crippen LogP contribution in [-0.2, 0) is 29.0 Å². The lowest BCUT2D eigenvalue weighted by Crippen LogP contribution is -2.34. The van der Waals surface area contributed by atoms with Crippen molar-refractivity contribution in [3.63, 3.8) is 0 Å². The lowest BCUT2D eigenvalue weighted by atomic mass is 9.97. The van der Waals surface area contributed by atoms with Crippen LogP contribution in [0.5, 0.6) is 0 Å². The molecule has 1 fully saturated rings. The highest BCUT2D eigenvalue weighted by molar-refractivity contribution is 6.31. The topological polar surface area (TPSA) is 128 Å². The Morgan fingerprint density at radius 3 is 2.13 bits per heavy atom. The van der Waals surface area contributed by atoms with Gasteiger partial charge in [0.05, 0.1) is 12.8 Å². The van der Waals surface area contributed by atoms with Gasteiger partial charge in [0, 0.05) is 28.9 Å². The Balaban J connectivity index is 0.000000436. The number of amides is 1. The molecule has 1 saturated carbocycles. The number of rotatable bonds is 8. The molecular weight excluding hydrogens is 506 g/mol. The molecule has 2 aliphatic rings. The third kappa shape index (κ3) is 9.65. The smallest absolute Gasteiger partial charge is 0.303 e. The Labute approximate surface area is 229 Å². The molecule has 0 spiro atoms. The lowest BCUT2D eigenvalue weighted by Gasteiger charge is -2.17. The summed E-state index contributed by atoms with van der Waals surface area (Å²) < 4.78 is 0. The average molecular weight is 544 g/mol. The molecule has 0 bridgehead atoms. The molecule has 38 heavy (non-hydrogen) atoms. The van der Waals surface area contributed by atoms with E-state index in [9.17, 15) is 14.4 Å². The highest BCUT2D eigenvalue weighted by Gasteiger charge is 2.17. The van der Waals surface area contributed by atoms with Gasteiger partial charge >= 0.3 is 11.9 Å². The van der Waals surface area contributed by atoms with Crippen molar-refractivity contribution in [3.8, 4) is 0 Å². The molecule has 0 aromatic heterocycles. The minimum Gasteiger partial charge on any atom is -0.481 e. The van der Waals surface area contributed by atoms with Crippen LogP contribution in [0.4, 0.5) is 5.69 Å². The predicted molar refractivity (Wildman–Crippen MR) is 149 cm³/mol. The zero-order chi connectivity index (χ0) is 27.3. The molecule has 2 aromatic carbocycles. The molecule has 0 radical (unpaired) electrons. The molecule has 0 atom stereocenters. The number of carboxylic acids is 2. The summed E-state index contributed by atoms with van der Waals surface area (Å²) in [4.78, 5) is 31.9. The number of hydrogen-bond acceptors (Lipinski definition) is 5. The first-order chi connectivity index (χ1) is 18.3. The van der Waals surface area contributed by atoms with Gasteiger partial charge in [0.25, 0.3) is 5.91 Å². The van der Waals surface area contributed by atoms with Crippen molar-refractivity contribution < 1.29 is 24.6 Å². The fourth-order valence-corrected chi connectivity index (χ4v) is 5.09.